The van der Waals surface area contributed by atoms with Gasteiger partial charge in [-0.2, -0.15) is 0 Å². The Bertz CT molecular complexity index is 1270. The van der Waals surface area contributed by atoms with Crippen LogP contribution < -0.4 is 0 Å². The Balaban J connectivity index is 1.80. The van der Waals surface area contributed by atoms with Crippen molar-refractivity contribution in [2.24, 2.45) is 0 Å². The smallest absolute Gasteiger partial charge is 0.136 e. The highest BCUT2D eigenvalue weighted by molar-refractivity contribution is 6.15. The Kier molecular flexibility index (Phi) is 2.20. The highest BCUT2D eigenvalue weighted by atomic mass is 16.3. The van der Waals surface area contributed by atoms with Crippen LogP contribution in [0.25, 0.3) is 43.8 Å². The average molecular weight is 306 g/mol. The quantitative estimate of drug-likeness (QED) is 0.320. The predicted molar refractivity (Wildman–Crippen MR) is 99.5 cm³/mol. The summed E-state index contributed by atoms with van der Waals surface area (Å²) in [6.45, 7) is 0. The van der Waals surface area contributed by atoms with Gasteiger partial charge in [0.05, 0.1) is 0 Å². The molecule has 0 atom stereocenters. The Morgan fingerprint density at radius 3 is 2.38 bits per heavy atom. The molecule has 6 rings (SSSR count). The van der Waals surface area contributed by atoms with Gasteiger partial charge in [0.2, 0.25) is 0 Å². The molecule has 1 aliphatic carbocycles. The van der Waals surface area contributed by atoms with Crippen LogP contribution in [-0.2, 0) is 6.42 Å². The maximum absolute atomic E-state index is 6.08. The Labute approximate surface area is 139 Å². The number of hydrogen-bond acceptors (Lipinski definition) is 1. The number of para-hydroxylation sites is 1. The first-order valence-corrected chi connectivity index (χ1v) is 8.34. The van der Waals surface area contributed by atoms with E-state index in [1.807, 2.05) is 6.07 Å². The summed E-state index contributed by atoms with van der Waals surface area (Å²) >= 11 is 0. The van der Waals surface area contributed by atoms with Crippen LogP contribution in [0.4, 0.5) is 0 Å². The lowest BCUT2D eigenvalue weighted by Crippen LogP contribution is -1.81. The fourth-order valence-corrected chi connectivity index (χ4v) is 4.19. The van der Waals surface area contributed by atoms with Crippen molar-refractivity contribution in [3.05, 3.63) is 83.9 Å². The van der Waals surface area contributed by atoms with Crippen molar-refractivity contribution in [2.45, 2.75) is 6.42 Å². The van der Waals surface area contributed by atoms with Crippen LogP contribution in [-0.4, -0.2) is 0 Å². The summed E-state index contributed by atoms with van der Waals surface area (Å²) in [6.07, 6.45) is 1.00. The van der Waals surface area contributed by atoms with Crippen LogP contribution in [0.5, 0.6) is 0 Å². The van der Waals surface area contributed by atoms with Gasteiger partial charge in [-0.3, -0.25) is 0 Å². The summed E-state index contributed by atoms with van der Waals surface area (Å²) in [5.74, 6) is 0. The third-order valence-electron chi connectivity index (χ3n) is 5.25. The van der Waals surface area contributed by atoms with Gasteiger partial charge in [0.25, 0.3) is 0 Å². The van der Waals surface area contributed by atoms with E-state index in [0.717, 1.165) is 17.6 Å². The molecule has 0 fully saturated rings. The number of furan rings is 1. The molecule has 0 spiro atoms. The second-order valence-corrected chi connectivity index (χ2v) is 6.60. The van der Waals surface area contributed by atoms with E-state index in [9.17, 15) is 0 Å². The van der Waals surface area contributed by atoms with Gasteiger partial charge in [-0.1, -0.05) is 54.6 Å². The van der Waals surface area contributed by atoms with Gasteiger partial charge in [0, 0.05) is 10.8 Å². The van der Waals surface area contributed by atoms with Gasteiger partial charge in [-0.25, -0.2) is 0 Å². The predicted octanol–water partition coefficient (Wildman–Crippen LogP) is 6.31. The van der Waals surface area contributed by atoms with Crippen molar-refractivity contribution in [2.75, 3.05) is 0 Å². The van der Waals surface area contributed by atoms with Gasteiger partial charge < -0.3 is 4.42 Å². The molecule has 112 valence electrons. The van der Waals surface area contributed by atoms with E-state index in [-0.39, 0.29) is 0 Å². The van der Waals surface area contributed by atoms with Crippen LogP contribution in [0.3, 0.4) is 0 Å². The topological polar surface area (TPSA) is 13.1 Å². The molecule has 1 nitrogen and oxygen atoms in total. The molecule has 0 radical (unpaired) electrons. The first kappa shape index (κ1) is 12.4. The Morgan fingerprint density at radius 1 is 0.667 bits per heavy atom. The fraction of sp³-hybridized carbons (Fsp3) is 0.0435. The number of hydrogen-bond donors (Lipinski definition) is 0. The van der Waals surface area contributed by atoms with Gasteiger partial charge in [0.15, 0.2) is 0 Å². The van der Waals surface area contributed by atoms with Gasteiger partial charge in [0.1, 0.15) is 11.2 Å². The highest BCUT2D eigenvalue weighted by Crippen LogP contribution is 2.45. The van der Waals surface area contributed by atoms with Crippen molar-refractivity contribution >= 4 is 32.7 Å². The van der Waals surface area contributed by atoms with E-state index < -0.39 is 0 Å². The molecular formula is C23H14O. The van der Waals surface area contributed by atoms with Crippen LogP contribution in [0.1, 0.15) is 11.1 Å². The zero-order valence-electron chi connectivity index (χ0n) is 13.0. The summed E-state index contributed by atoms with van der Waals surface area (Å²) < 4.78 is 6.08. The maximum atomic E-state index is 6.08. The molecule has 0 aliphatic heterocycles. The number of fused-ring (bicyclic) bond motifs is 8. The number of rotatable bonds is 0. The third kappa shape index (κ3) is 1.49. The zero-order valence-corrected chi connectivity index (χ0v) is 13.0. The minimum Gasteiger partial charge on any atom is -0.456 e. The lowest BCUT2D eigenvalue weighted by molar-refractivity contribution is 0.669. The fourth-order valence-electron chi connectivity index (χ4n) is 4.19. The summed E-state index contributed by atoms with van der Waals surface area (Å²) in [7, 11) is 0. The average Bonchev–Trinajstić information content (AvgIpc) is 3.16. The lowest BCUT2D eigenvalue weighted by Gasteiger charge is -2.05. The van der Waals surface area contributed by atoms with Crippen molar-refractivity contribution < 1.29 is 4.42 Å². The normalized spacial score (nSPS) is 12.8. The zero-order chi connectivity index (χ0) is 15.7. The molecule has 1 heterocycles. The maximum Gasteiger partial charge on any atom is 0.136 e. The standard InChI is InChI=1S/C23H14O/c1-2-6-15-13-19-17(11-14(15)5-1)12-16-9-10-21-23(22(16)19)18-7-3-4-8-20(18)24-21/h1-11,13H,12H2. The first-order valence-electron chi connectivity index (χ1n) is 8.34. The molecule has 0 saturated heterocycles. The van der Waals surface area contributed by atoms with E-state index in [0.29, 0.717) is 0 Å². The molecule has 0 N–H and O–H groups in total. The molecule has 24 heavy (non-hydrogen) atoms. The Hall–Kier alpha value is -3.06. The first-order chi connectivity index (χ1) is 11.9. The molecule has 0 bridgehead atoms. The highest BCUT2D eigenvalue weighted by Gasteiger charge is 2.24. The molecule has 0 saturated carbocycles. The largest absolute Gasteiger partial charge is 0.456 e. The van der Waals surface area contributed by atoms with Crippen LogP contribution >= 0.6 is 0 Å². The SMILES string of the molecule is c1ccc2cc3c(cc2c1)Cc1ccc2oc4ccccc4c2c1-3. The van der Waals surface area contributed by atoms with Crippen LogP contribution in [0, 0.1) is 0 Å². The van der Waals surface area contributed by atoms with E-state index in [4.69, 9.17) is 4.42 Å². The molecular weight excluding hydrogens is 292 g/mol. The van der Waals surface area contributed by atoms with E-state index in [2.05, 4.69) is 66.7 Å². The lowest BCUT2D eigenvalue weighted by atomic mass is 9.97. The third-order valence-corrected chi connectivity index (χ3v) is 5.25. The van der Waals surface area contributed by atoms with Crippen LogP contribution in [0.2, 0.25) is 0 Å². The summed E-state index contributed by atoms with van der Waals surface area (Å²) in [6, 6.07) is 26.0. The molecule has 1 aromatic heterocycles. The molecule has 1 heteroatoms. The van der Waals surface area contributed by atoms with Crippen molar-refractivity contribution in [3.63, 3.8) is 0 Å². The molecule has 0 unspecified atom stereocenters. The number of benzene rings is 4. The molecule has 1 aliphatic rings. The van der Waals surface area contributed by atoms with Crippen LogP contribution in [0.15, 0.2) is 77.2 Å². The summed E-state index contributed by atoms with van der Waals surface area (Å²) in [4.78, 5) is 0. The second kappa shape index (κ2) is 4.27. The van der Waals surface area contributed by atoms with Gasteiger partial charge in [-0.15, -0.1) is 0 Å². The van der Waals surface area contributed by atoms with E-state index in [1.54, 1.807) is 0 Å². The van der Waals surface area contributed by atoms with Crippen molar-refractivity contribution in [1.82, 2.24) is 0 Å². The molecule has 5 aromatic rings. The minimum atomic E-state index is 0.968. The minimum absolute atomic E-state index is 0.968. The van der Waals surface area contributed by atoms with E-state index >= 15 is 0 Å². The summed E-state index contributed by atoms with van der Waals surface area (Å²) in [5, 5.41) is 5.09. The van der Waals surface area contributed by atoms with Crippen molar-refractivity contribution in [1.29, 1.82) is 0 Å². The Morgan fingerprint density at radius 2 is 1.46 bits per heavy atom. The molecule has 0 amide bonds. The second-order valence-electron chi connectivity index (χ2n) is 6.60. The monoisotopic (exact) mass is 306 g/mol. The molecule has 4 aromatic carbocycles. The van der Waals surface area contributed by atoms with E-state index in [1.165, 1.54) is 43.8 Å². The van der Waals surface area contributed by atoms with Gasteiger partial charge >= 0.3 is 0 Å². The summed E-state index contributed by atoms with van der Waals surface area (Å²) in [5.41, 5.74) is 7.49. The van der Waals surface area contributed by atoms with Crippen molar-refractivity contribution in [3.8, 4) is 11.1 Å². The van der Waals surface area contributed by atoms with Gasteiger partial charge in [-0.05, 0) is 57.6 Å².